The van der Waals surface area contributed by atoms with E-state index in [2.05, 4.69) is 10.3 Å². The molecule has 0 bridgehead atoms. The zero-order valence-corrected chi connectivity index (χ0v) is 18.0. The Morgan fingerprint density at radius 2 is 1.97 bits per heavy atom. The Labute approximate surface area is 176 Å². The summed E-state index contributed by atoms with van der Waals surface area (Å²) in [7, 11) is 1.54. The van der Waals surface area contributed by atoms with Crippen molar-refractivity contribution in [2.45, 2.75) is 64.3 Å². The molecule has 0 saturated carbocycles. The van der Waals surface area contributed by atoms with Crippen molar-refractivity contribution < 1.29 is 24.5 Å². The second-order valence-electron chi connectivity index (χ2n) is 8.33. The maximum Gasteiger partial charge on any atom is 0.303 e. The van der Waals surface area contributed by atoms with Gasteiger partial charge in [0.2, 0.25) is 5.91 Å². The van der Waals surface area contributed by atoms with Crippen molar-refractivity contribution in [1.29, 1.82) is 0 Å². The number of methoxy groups -OCH3 is 1. The summed E-state index contributed by atoms with van der Waals surface area (Å²) in [4.78, 5) is 27.8. The zero-order valence-electron chi connectivity index (χ0n) is 18.0. The van der Waals surface area contributed by atoms with Gasteiger partial charge in [0.25, 0.3) is 0 Å². The van der Waals surface area contributed by atoms with Crippen molar-refractivity contribution in [2.75, 3.05) is 12.4 Å². The van der Waals surface area contributed by atoms with Gasteiger partial charge in [0.05, 0.1) is 19.1 Å². The van der Waals surface area contributed by atoms with E-state index in [-0.39, 0.29) is 23.5 Å². The normalized spacial score (nSPS) is 12.4. The molecule has 0 aliphatic carbocycles. The van der Waals surface area contributed by atoms with Crippen LogP contribution in [0.2, 0.25) is 0 Å². The fourth-order valence-corrected chi connectivity index (χ4v) is 3.27. The number of nitrogens with zero attached hydrogens (tertiary/aromatic N) is 2. The molecular weight excluding hydrogens is 386 g/mol. The maximum absolute atomic E-state index is 13.1. The molecule has 8 heteroatoms. The predicted octanol–water partition coefficient (Wildman–Crippen LogP) is 4.11. The second kappa shape index (κ2) is 10.1. The van der Waals surface area contributed by atoms with E-state index in [4.69, 9.17) is 9.84 Å². The summed E-state index contributed by atoms with van der Waals surface area (Å²) in [5, 5.41) is 22.4. The van der Waals surface area contributed by atoms with Crippen LogP contribution in [0.1, 0.15) is 64.5 Å². The molecule has 0 radical (unpaired) electrons. The summed E-state index contributed by atoms with van der Waals surface area (Å²) in [6.45, 7) is 5.91. The number of amides is 1. The number of carbonyl (C=O) groups is 2. The minimum atomic E-state index is -0.818. The van der Waals surface area contributed by atoms with E-state index in [0.717, 1.165) is 0 Å². The lowest BCUT2D eigenvalue weighted by atomic mass is 9.85. The fraction of sp³-hybridized carbons (Fsp3) is 0.500. The molecule has 0 saturated heterocycles. The summed E-state index contributed by atoms with van der Waals surface area (Å²) in [5.74, 6) is -0.542. The average molecular weight is 418 g/mol. The van der Waals surface area contributed by atoms with Crippen LogP contribution in [0.4, 0.5) is 5.69 Å². The van der Waals surface area contributed by atoms with Crippen molar-refractivity contribution >= 4 is 17.6 Å². The third-order valence-electron chi connectivity index (χ3n) is 4.94. The molecule has 0 aliphatic heterocycles. The number of aromatic nitrogens is 2. The quantitative estimate of drug-likeness (QED) is 0.396. The standard InChI is InChI=1S/C22H31N3O5/c1-22(2,3)16-12-15(30-4)13-17(20(16)28)24-21(29)18(25-11-10-23-14-25)8-6-5-7-9-19(26)27/h10-14,18,28H,5-9H2,1-4H3,(H,24,29)(H,26,27). The van der Waals surface area contributed by atoms with Crippen LogP contribution in [-0.4, -0.2) is 38.8 Å². The molecular formula is C22H31N3O5. The van der Waals surface area contributed by atoms with E-state index < -0.39 is 12.0 Å². The van der Waals surface area contributed by atoms with Gasteiger partial charge in [0.15, 0.2) is 0 Å². The Hall–Kier alpha value is -3.03. The van der Waals surface area contributed by atoms with Crippen molar-refractivity contribution in [3.63, 3.8) is 0 Å². The van der Waals surface area contributed by atoms with Gasteiger partial charge in [-0.3, -0.25) is 9.59 Å². The molecule has 2 rings (SSSR count). The lowest BCUT2D eigenvalue weighted by Gasteiger charge is -2.24. The number of ether oxygens (including phenoxy) is 1. The lowest BCUT2D eigenvalue weighted by Crippen LogP contribution is -2.26. The van der Waals surface area contributed by atoms with Crippen LogP contribution in [0, 0.1) is 0 Å². The molecule has 1 heterocycles. The van der Waals surface area contributed by atoms with Crippen LogP contribution in [0.15, 0.2) is 30.9 Å². The number of imidazole rings is 1. The van der Waals surface area contributed by atoms with E-state index in [1.165, 1.54) is 7.11 Å². The SMILES string of the molecule is COc1cc(NC(=O)C(CCCCCC(=O)O)n2ccnc2)c(O)c(C(C)(C)C)c1. The van der Waals surface area contributed by atoms with Crippen molar-refractivity contribution in [1.82, 2.24) is 9.55 Å². The van der Waals surface area contributed by atoms with Gasteiger partial charge >= 0.3 is 5.97 Å². The maximum atomic E-state index is 13.1. The molecule has 1 unspecified atom stereocenters. The molecule has 164 valence electrons. The summed E-state index contributed by atoms with van der Waals surface area (Å²) in [5.41, 5.74) is 0.622. The number of carboxylic acids is 1. The van der Waals surface area contributed by atoms with Gasteiger partial charge in [-0.1, -0.05) is 33.6 Å². The van der Waals surface area contributed by atoms with Crippen LogP contribution in [-0.2, 0) is 15.0 Å². The number of aromatic hydroxyl groups is 1. The van der Waals surface area contributed by atoms with Crippen LogP contribution in [0.25, 0.3) is 0 Å². The molecule has 1 aromatic carbocycles. The molecule has 0 aliphatic rings. The summed E-state index contributed by atoms with van der Waals surface area (Å²) >= 11 is 0. The highest BCUT2D eigenvalue weighted by molar-refractivity contribution is 5.95. The Morgan fingerprint density at radius 3 is 2.53 bits per heavy atom. The summed E-state index contributed by atoms with van der Waals surface area (Å²) in [6.07, 6.45) is 7.52. The first kappa shape index (κ1) is 23.3. The Morgan fingerprint density at radius 1 is 1.23 bits per heavy atom. The van der Waals surface area contributed by atoms with Gasteiger partial charge in [0.1, 0.15) is 17.5 Å². The Balaban J connectivity index is 2.20. The summed E-state index contributed by atoms with van der Waals surface area (Å²) < 4.78 is 7.06. The molecule has 8 nitrogen and oxygen atoms in total. The Bertz CT molecular complexity index is 856. The van der Waals surface area contributed by atoms with Crippen molar-refractivity contribution in [2.24, 2.45) is 0 Å². The number of benzene rings is 1. The van der Waals surface area contributed by atoms with Crippen LogP contribution < -0.4 is 10.1 Å². The Kier molecular flexibility index (Phi) is 7.86. The molecule has 0 fully saturated rings. The fourth-order valence-electron chi connectivity index (χ4n) is 3.27. The average Bonchev–Trinajstić information content (AvgIpc) is 3.19. The number of rotatable bonds is 10. The smallest absolute Gasteiger partial charge is 0.303 e. The number of hydrogen-bond donors (Lipinski definition) is 3. The first-order valence-corrected chi connectivity index (χ1v) is 10.0. The lowest BCUT2D eigenvalue weighted by molar-refractivity contribution is -0.137. The van der Waals surface area contributed by atoms with Gasteiger partial charge in [-0.15, -0.1) is 0 Å². The number of hydrogen-bond acceptors (Lipinski definition) is 5. The van der Waals surface area contributed by atoms with E-state index in [1.54, 1.807) is 35.4 Å². The van der Waals surface area contributed by atoms with E-state index >= 15 is 0 Å². The van der Waals surface area contributed by atoms with Crippen LogP contribution in [0.5, 0.6) is 11.5 Å². The van der Waals surface area contributed by atoms with E-state index in [0.29, 0.717) is 42.7 Å². The van der Waals surface area contributed by atoms with Gasteiger partial charge in [-0.25, -0.2) is 4.98 Å². The first-order chi connectivity index (χ1) is 14.1. The largest absolute Gasteiger partial charge is 0.505 e. The van der Waals surface area contributed by atoms with Gasteiger partial charge in [-0.05, 0) is 24.3 Å². The molecule has 3 N–H and O–H groups in total. The minimum Gasteiger partial charge on any atom is -0.505 e. The molecule has 1 atom stereocenters. The van der Waals surface area contributed by atoms with E-state index in [1.807, 2.05) is 20.8 Å². The number of phenolic OH excluding ortho intramolecular Hbond substituents is 1. The van der Waals surface area contributed by atoms with Gasteiger partial charge in [-0.2, -0.15) is 0 Å². The number of anilines is 1. The highest BCUT2D eigenvalue weighted by Crippen LogP contribution is 2.40. The molecule has 0 spiro atoms. The topological polar surface area (TPSA) is 114 Å². The van der Waals surface area contributed by atoms with Crippen molar-refractivity contribution in [3.8, 4) is 11.5 Å². The third-order valence-corrected chi connectivity index (χ3v) is 4.94. The van der Waals surface area contributed by atoms with Gasteiger partial charge < -0.3 is 24.8 Å². The molecule has 1 amide bonds. The van der Waals surface area contributed by atoms with Crippen molar-refractivity contribution in [3.05, 3.63) is 36.4 Å². The number of carbonyl (C=O) groups excluding carboxylic acids is 1. The number of nitrogens with one attached hydrogen (secondary N) is 1. The zero-order chi connectivity index (χ0) is 22.3. The first-order valence-electron chi connectivity index (χ1n) is 10.0. The summed E-state index contributed by atoms with van der Waals surface area (Å²) in [6, 6.07) is 2.84. The molecule has 1 aromatic heterocycles. The monoisotopic (exact) mass is 417 g/mol. The number of phenols is 1. The molecule has 30 heavy (non-hydrogen) atoms. The molecule has 2 aromatic rings. The van der Waals surface area contributed by atoms with Crippen LogP contribution >= 0.6 is 0 Å². The van der Waals surface area contributed by atoms with Crippen LogP contribution in [0.3, 0.4) is 0 Å². The number of aliphatic carboxylic acids is 1. The highest BCUT2D eigenvalue weighted by Gasteiger charge is 2.25. The minimum absolute atomic E-state index is 0.0162. The van der Waals surface area contributed by atoms with Gasteiger partial charge in [0, 0.05) is 30.4 Å². The van der Waals surface area contributed by atoms with E-state index in [9.17, 15) is 14.7 Å². The predicted molar refractivity (Wildman–Crippen MR) is 114 cm³/mol. The number of carboxylic acid groups (broad SMARTS) is 1. The second-order valence-corrected chi connectivity index (χ2v) is 8.33. The number of unbranched alkanes of at least 4 members (excludes halogenated alkanes) is 2. The highest BCUT2D eigenvalue weighted by atomic mass is 16.5. The third kappa shape index (κ3) is 6.23.